The number of carbonyl (C=O) groups excluding carboxylic acids is 2. The Balaban J connectivity index is 1.60. The second-order valence-corrected chi connectivity index (χ2v) is 6.75. The number of carbonyl (C=O) groups is 2. The number of esters is 1. The van der Waals surface area contributed by atoms with Crippen LogP contribution in [0.5, 0.6) is 0 Å². The first-order chi connectivity index (χ1) is 12.6. The third-order valence-electron chi connectivity index (χ3n) is 5.61. The summed E-state index contributed by atoms with van der Waals surface area (Å²) in [5.41, 5.74) is -0.619. The highest BCUT2D eigenvalue weighted by atomic mass is 16.5. The van der Waals surface area contributed by atoms with Crippen molar-refractivity contribution in [3.8, 4) is 5.95 Å². The van der Waals surface area contributed by atoms with E-state index in [1.807, 2.05) is 6.92 Å². The summed E-state index contributed by atoms with van der Waals surface area (Å²) in [5, 5.41) is 14.2. The maximum atomic E-state index is 13.1. The van der Waals surface area contributed by atoms with Crippen LogP contribution >= 0.6 is 0 Å². The number of aromatic amines is 1. The molecule has 0 unspecified atom stereocenters. The van der Waals surface area contributed by atoms with Crippen molar-refractivity contribution in [1.82, 2.24) is 34.8 Å². The highest BCUT2D eigenvalue weighted by molar-refractivity contribution is 5.93. The predicted molar refractivity (Wildman–Crippen MR) is 88.3 cm³/mol. The number of nitrogens with zero attached hydrogens (tertiary/aromatic N) is 6. The van der Waals surface area contributed by atoms with Crippen molar-refractivity contribution in [1.29, 1.82) is 0 Å². The number of nitrogens with one attached hydrogen (secondary N) is 1. The molecule has 2 aromatic rings. The van der Waals surface area contributed by atoms with Crippen LogP contribution in [0.1, 0.15) is 50.1 Å². The fraction of sp³-hybridized carbons (Fsp3) is 0.625. The van der Waals surface area contributed by atoms with Gasteiger partial charge in [-0.15, -0.1) is 15.3 Å². The van der Waals surface area contributed by atoms with Crippen LogP contribution in [0, 0.1) is 5.41 Å². The third-order valence-corrected chi connectivity index (χ3v) is 5.61. The Morgan fingerprint density at radius 2 is 2.08 bits per heavy atom. The van der Waals surface area contributed by atoms with Gasteiger partial charge in [0, 0.05) is 12.1 Å². The number of rotatable bonds is 5. The fourth-order valence-electron chi connectivity index (χ4n) is 4.40. The van der Waals surface area contributed by atoms with E-state index >= 15 is 0 Å². The molecular formula is C16H21N7O3. The zero-order chi connectivity index (χ0) is 18.3. The zero-order valence-corrected chi connectivity index (χ0v) is 14.8. The van der Waals surface area contributed by atoms with Gasteiger partial charge in [-0.25, -0.2) is 0 Å². The molecule has 4 heterocycles. The maximum absolute atomic E-state index is 13.1. The molecule has 138 valence electrons. The van der Waals surface area contributed by atoms with E-state index in [4.69, 9.17) is 4.74 Å². The van der Waals surface area contributed by atoms with Gasteiger partial charge in [-0.1, -0.05) is 6.92 Å². The number of aromatic nitrogens is 6. The molecule has 2 fully saturated rings. The Bertz CT molecular complexity index is 818. The van der Waals surface area contributed by atoms with Crippen LogP contribution in [0.15, 0.2) is 12.7 Å². The molecule has 0 spiro atoms. The maximum Gasteiger partial charge on any atom is 0.314 e. The number of H-pyrrole nitrogens is 1. The second kappa shape index (κ2) is 6.19. The molecule has 0 saturated carbocycles. The first-order valence-electron chi connectivity index (χ1n) is 8.88. The van der Waals surface area contributed by atoms with E-state index in [9.17, 15) is 9.59 Å². The standard InChI is InChI=1S/C16H21N7O3/c1-3-16(14(25)26-4-2)7-10-5-6-11(16)23(10)13(24)12-19-15(21-20-12)22-8-17-18-9-22/h8-11H,3-7H2,1-2H3,(H,19,20,21)/t10-,11+,16+/m1/s1. The first-order valence-corrected chi connectivity index (χ1v) is 8.88. The normalized spacial score (nSPS) is 27.1. The molecule has 0 radical (unpaired) electrons. The Morgan fingerprint density at radius 3 is 2.77 bits per heavy atom. The van der Waals surface area contributed by atoms with Crippen molar-refractivity contribution in [2.45, 2.75) is 51.6 Å². The zero-order valence-electron chi connectivity index (χ0n) is 14.8. The Labute approximate surface area is 149 Å². The van der Waals surface area contributed by atoms with Gasteiger partial charge in [0.15, 0.2) is 0 Å². The van der Waals surface area contributed by atoms with E-state index in [2.05, 4.69) is 25.4 Å². The van der Waals surface area contributed by atoms with Gasteiger partial charge in [-0.05, 0) is 32.6 Å². The highest BCUT2D eigenvalue weighted by Crippen LogP contribution is 2.52. The molecular weight excluding hydrogens is 338 g/mol. The van der Waals surface area contributed by atoms with E-state index in [-0.39, 0.29) is 29.8 Å². The summed E-state index contributed by atoms with van der Waals surface area (Å²) in [4.78, 5) is 31.8. The number of amides is 1. The molecule has 26 heavy (non-hydrogen) atoms. The van der Waals surface area contributed by atoms with Crippen molar-refractivity contribution in [3.05, 3.63) is 18.5 Å². The largest absolute Gasteiger partial charge is 0.466 e. The van der Waals surface area contributed by atoms with Crippen molar-refractivity contribution >= 4 is 11.9 Å². The van der Waals surface area contributed by atoms with Crippen LogP contribution in [0.2, 0.25) is 0 Å². The molecule has 1 amide bonds. The van der Waals surface area contributed by atoms with Gasteiger partial charge in [-0.3, -0.25) is 19.3 Å². The van der Waals surface area contributed by atoms with Gasteiger partial charge in [-0.2, -0.15) is 4.98 Å². The average Bonchev–Trinajstić information content (AvgIpc) is 3.43. The molecule has 0 aromatic carbocycles. The summed E-state index contributed by atoms with van der Waals surface area (Å²) in [6.07, 6.45) is 5.91. The molecule has 4 rings (SSSR count). The van der Waals surface area contributed by atoms with Gasteiger partial charge >= 0.3 is 5.97 Å². The topological polar surface area (TPSA) is 119 Å². The molecule has 2 aromatic heterocycles. The lowest BCUT2D eigenvalue weighted by molar-refractivity contribution is -0.157. The number of hydrogen-bond donors (Lipinski definition) is 1. The summed E-state index contributed by atoms with van der Waals surface area (Å²) < 4.78 is 6.84. The van der Waals surface area contributed by atoms with Gasteiger partial charge in [0.25, 0.3) is 11.9 Å². The quantitative estimate of drug-likeness (QED) is 0.781. The van der Waals surface area contributed by atoms with Crippen molar-refractivity contribution in [2.75, 3.05) is 6.61 Å². The Hall–Kier alpha value is -2.78. The van der Waals surface area contributed by atoms with Gasteiger partial charge < -0.3 is 9.64 Å². The lowest BCUT2D eigenvalue weighted by Crippen LogP contribution is -2.45. The molecule has 10 nitrogen and oxygen atoms in total. The van der Waals surface area contributed by atoms with E-state index in [1.54, 1.807) is 11.8 Å². The monoisotopic (exact) mass is 359 g/mol. The highest BCUT2D eigenvalue weighted by Gasteiger charge is 2.61. The second-order valence-electron chi connectivity index (χ2n) is 6.75. The number of ether oxygens (including phenoxy) is 1. The van der Waals surface area contributed by atoms with E-state index in [0.29, 0.717) is 25.4 Å². The van der Waals surface area contributed by atoms with Crippen LogP contribution in [0.25, 0.3) is 5.95 Å². The van der Waals surface area contributed by atoms with Crippen LogP contribution in [-0.2, 0) is 9.53 Å². The SMILES string of the molecule is CCOC(=O)[C@@]1(CC)C[C@H]2CC[C@@H]1N2C(=O)c1nc(-n2cnnc2)n[nH]1. The molecule has 10 heteroatoms. The lowest BCUT2D eigenvalue weighted by atomic mass is 9.72. The number of fused-ring (bicyclic) bond motifs is 2. The minimum Gasteiger partial charge on any atom is -0.466 e. The van der Waals surface area contributed by atoms with Crippen LogP contribution in [0.3, 0.4) is 0 Å². The minimum atomic E-state index is -0.619. The minimum absolute atomic E-state index is 0.0281. The Kier molecular flexibility index (Phi) is 3.97. The van der Waals surface area contributed by atoms with Crippen molar-refractivity contribution < 1.29 is 14.3 Å². The lowest BCUT2D eigenvalue weighted by Gasteiger charge is -2.33. The van der Waals surface area contributed by atoms with Gasteiger partial charge in [0.1, 0.15) is 12.7 Å². The smallest absolute Gasteiger partial charge is 0.314 e. The molecule has 1 N–H and O–H groups in total. The summed E-state index contributed by atoms with van der Waals surface area (Å²) in [6, 6.07) is -0.132. The molecule has 2 aliphatic rings. The summed E-state index contributed by atoms with van der Waals surface area (Å²) in [7, 11) is 0. The summed E-state index contributed by atoms with van der Waals surface area (Å²) >= 11 is 0. The number of hydrogen-bond acceptors (Lipinski definition) is 7. The average molecular weight is 359 g/mol. The van der Waals surface area contributed by atoms with Crippen molar-refractivity contribution in [3.63, 3.8) is 0 Å². The van der Waals surface area contributed by atoms with Crippen LogP contribution < -0.4 is 0 Å². The molecule has 2 aliphatic heterocycles. The predicted octanol–water partition coefficient (Wildman–Crippen LogP) is 0.722. The molecule has 2 bridgehead atoms. The van der Waals surface area contributed by atoms with E-state index in [0.717, 1.165) is 12.8 Å². The van der Waals surface area contributed by atoms with Gasteiger partial charge in [0.05, 0.1) is 12.0 Å². The van der Waals surface area contributed by atoms with Crippen molar-refractivity contribution in [2.24, 2.45) is 5.41 Å². The van der Waals surface area contributed by atoms with Crippen LogP contribution in [0.4, 0.5) is 0 Å². The van der Waals surface area contributed by atoms with E-state index in [1.165, 1.54) is 17.2 Å². The summed E-state index contributed by atoms with van der Waals surface area (Å²) in [5.74, 6) is 0.0256. The molecule has 0 aliphatic carbocycles. The molecule has 2 saturated heterocycles. The van der Waals surface area contributed by atoms with Gasteiger partial charge in [0.2, 0.25) is 5.82 Å². The third kappa shape index (κ3) is 2.31. The van der Waals surface area contributed by atoms with Crippen LogP contribution in [-0.4, -0.2) is 65.4 Å². The fourth-order valence-corrected chi connectivity index (χ4v) is 4.40. The Morgan fingerprint density at radius 1 is 1.31 bits per heavy atom. The summed E-state index contributed by atoms with van der Waals surface area (Å²) in [6.45, 7) is 4.13. The molecule has 3 atom stereocenters. The van der Waals surface area contributed by atoms with E-state index < -0.39 is 5.41 Å². The first kappa shape index (κ1) is 16.7.